The van der Waals surface area contributed by atoms with Gasteiger partial charge in [-0.1, -0.05) is 0 Å². The number of rotatable bonds is 4. The lowest BCUT2D eigenvalue weighted by Gasteiger charge is -2.19. The van der Waals surface area contributed by atoms with E-state index in [1.165, 1.54) is 0 Å². The van der Waals surface area contributed by atoms with Gasteiger partial charge in [-0.15, -0.1) is 0 Å². The Morgan fingerprint density at radius 3 is 2.11 bits per heavy atom. The summed E-state index contributed by atoms with van der Waals surface area (Å²) in [5.74, 6) is 3.96. The monoisotopic (exact) mass is 370 g/mol. The van der Waals surface area contributed by atoms with E-state index in [0.29, 0.717) is 17.2 Å². The van der Waals surface area contributed by atoms with Gasteiger partial charge in [-0.2, -0.15) is 0 Å². The lowest BCUT2D eigenvalue weighted by Crippen LogP contribution is -2.14. The first-order valence-electron chi connectivity index (χ1n) is 8.62. The van der Waals surface area contributed by atoms with Crippen LogP contribution in [0.2, 0.25) is 0 Å². The van der Waals surface area contributed by atoms with Crippen LogP contribution >= 0.6 is 0 Å². The first kappa shape index (κ1) is 17.4. The first-order valence-corrected chi connectivity index (χ1v) is 8.62. The maximum absolute atomic E-state index is 6.24. The van der Waals surface area contributed by atoms with E-state index in [1.54, 1.807) is 21.3 Å². The van der Waals surface area contributed by atoms with Gasteiger partial charge in [0.2, 0.25) is 12.5 Å². The second-order valence-electron chi connectivity index (χ2n) is 6.83. The van der Waals surface area contributed by atoms with Gasteiger partial charge in [0.15, 0.2) is 23.0 Å². The molecule has 2 aliphatic heterocycles. The first-order chi connectivity index (χ1) is 13.0. The summed E-state index contributed by atoms with van der Waals surface area (Å²) in [5, 5.41) is 0. The Morgan fingerprint density at radius 1 is 0.889 bits per heavy atom. The Kier molecular flexibility index (Phi) is 4.06. The molecule has 0 saturated carbocycles. The van der Waals surface area contributed by atoms with Crippen molar-refractivity contribution in [2.75, 3.05) is 28.1 Å². The van der Waals surface area contributed by atoms with E-state index in [2.05, 4.69) is 0 Å². The molecule has 4 rings (SSSR count). The number of ether oxygens (including phenoxy) is 6. The van der Waals surface area contributed by atoms with Crippen LogP contribution in [0.25, 0.3) is 11.8 Å². The average Bonchev–Trinajstić information content (AvgIpc) is 3.21. The third-order valence-corrected chi connectivity index (χ3v) is 4.78. The van der Waals surface area contributed by atoms with Crippen molar-refractivity contribution in [3.8, 4) is 28.7 Å². The molecule has 27 heavy (non-hydrogen) atoms. The van der Waals surface area contributed by atoms with E-state index < -0.39 is 5.60 Å². The average molecular weight is 370 g/mol. The predicted molar refractivity (Wildman–Crippen MR) is 101 cm³/mol. The Hall–Kier alpha value is -3.02. The Morgan fingerprint density at radius 2 is 1.52 bits per heavy atom. The van der Waals surface area contributed by atoms with Crippen LogP contribution < -0.4 is 23.7 Å². The van der Waals surface area contributed by atoms with E-state index in [0.717, 1.165) is 33.9 Å². The highest BCUT2D eigenvalue weighted by Gasteiger charge is 2.37. The van der Waals surface area contributed by atoms with Gasteiger partial charge < -0.3 is 28.4 Å². The van der Waals surface area contributed by atoms with Crippen LogP contribution in [0.15, 0.2) is 24.3 Å². The van der Waals surface area contributed by atoms with E-state index in [1.807, 2.05) is 44.2 Å². The standard InChI is InChI=1S/C21H22O6/c1-21(2)14-10-17-16(25-11-26-17)9-13(14)15(27-21)6-12-7-18(22-3)20(24-5)19(8-12)23-4/h6-10H,11H2,1-5H3/b15-6+. The topological polar surface area (TPSA) is 55.4 Å². The van der Waals surface area contributed by atoms with Crippen LogP contribution in [0.4, 0.5) is 0 Å². The highest BCUT2D eigenvalue weighted by Crippen LogP contribution is 2.49. The minimum absolute atomic E-state index is 0.242. The van der Waals surface area contributed by atoms with Crippen LogP contribution in [-0.4, -0.2) is 28.1 Å². The molecule has 0 bridgehead atoms. The molecule has 2 aromatic carbocycles. The predicted octanol–water partition coefficient (Wildman–Crippen LogP) is 4.20. The summed E-state index contributed by atoms with van der Waals surface area (Å²) in [6.07, 6.45) is 1.96. The number of methoxy groups -OCH3 is 3. The fourth-order valence-electron chi connectivity index (χ4n) is 3.47. The molecule has 0 amide bonds. The molecule has 0 spiro atoms. The molecule has 0 atom stereocenters. The minimum atomic E-state index is -0.469. The van der Waals surface area contributed by atoms with Crippen LogP contribution in [0.1, 0.15) is 30.5 Å². The zero-order valence-corrected chi connectivity index (χ0v) is 16.0. The molecule has 2 aromatic rings. The van der Waals surface area contributed by atoms with Gasteiger partial charge in [0.1, 0.15) is 11.4 Å². The summed E-state index contributed by atoms with van der Waals surface area (Å²) >= 11 is 0. The van der Waals surface area contributed by atoms with Crippen molar-refractivity contribution in [1.29, 1.82) is 0 Å². The Balaban J connectivity index is 1.83. The summed E-state index contributed by atoms with van der Waals surface area (Å²) < 4.78 is 33.6. The molecule has 0 radical (unpaired) electrons. The van der Waals surface area contributed by atoms with E-state index >= 15 is 0 Å². The third-order valence-electron chi connectivity index (χ3n) is 4.78. The van der Waals surface area contributed by atoms with E-state index in [9.17, 15) is 0 Å². The van der Waals surface area contributed by atoms with E-state index in [4.69, 9.17) is 28.4 Å². The zero-order chi connectivity index (χ0) is 19.2. The fraction of sp³-hybridized carbons (Fsp3) is 0.333. The SMILES string of the molecule is COc1cc(/C=C2/OC(C)(C)c3cc4c(cc32)OCO4)cc(OC)c1OC. The van der Waals surface area contributed by atoms with Crippen molar-refractivity contribution in [2.45, 2.75) is 19.4 Å². The normalized spacial score (nSPS) is 17.4. The molecule has 0 N–H and O–H groups in total. The largest absolute Gasteiger partial charge is 0.493 e. The van der Waals surface area contributed by atoms with Crippen molar-refractivity contribution in [3.63, 3.8) is 0 Å². The van der Waals surface area contributed by atoms with Crippen molar-refractivity contribution >= 4 is 11.8 Å². The van der Waals surface area contributed by atoms with Gasteiger partial charge >= 0.3 is 0 Å². The van der Waals surface area contributed by atoms with Crippen molar-refractivity contribution < 1.29 is 28.4 Å². The van der Waals surface area contributed by atoms with Crippen LogP contribution in [-0.2, 0) is 10.3 Å². The lowest BCUT2D eigenvalue weighted by molar-refractivity contribution is 0.0937. The summed E-state index contributed by atoms with van der Waals surface area (Å²) in [7, 11) is 4.78. The van der Waals surface area contributed by atoms with Crippen molar-refractivity contribution in [1.82, 2.24) is 0 Å². The van der Waals surface area contributed by atoms with Gasteiger partial charge in [-0.3, -0.25) is 0 Å². The van der Waals surface area contributed by atoms with Crippen molar-refractivity contribution in [3.05, 3.63) is 41.0 Å². The zero-order valence-electron chi connectivity index (χ0n) is 16.0. The Bertz CT molecular complexity index is 904. The molecular formula is C21H22O6. The minimum Gasteiger partial charge on any atom is -0.493 e. The molecule has 142 valence electrons. The third kappa shape index (κ3) is 2.81. The van der Waals surface area contributed by atoms with Gasteiger partial charge in [-0.05, 0) is 49.8 Å². The summed E-state index contributed by atoms with van der Waals surface area (Å²) in [6.45, 7) is 4.31. The summed E-state index contributed by atoms with van der Waals surface area (Å²) in [6, 6.07) is 7.73. The molecule has 6 nitrogen and oxygen atoms in total. The quantitative estimate of drug-likeness (QED) is 0.804. The fourth-order valence-corrected chi connectivity index (χ4v) is 3.47. The lowest BCUT2D eigenvalue weighted by atomic mass is 9.94. The molecule has 6 heteroatoms. The molecule has 0 aromatic heterocycles. The van der Waals surface area contributed by atoms with Crippen molar-refractivity contribution in [2.24, 2.45) is 0 Å². The maximum atomic E-state index is 6.24. The smallest absolute Gasteiger partial charge is 0.231 e. The van der Waals surface area contributed by atoms with Gasteiger partial charge in [-0.25, -0.2) is 0 Å². The molecular weight excluding hydrogens is 348 g/mol. The molecule has 0 saturated heterocycles. The number of hydrogen-bond donors (Lipinski definition) is 0. The molecule has 0 unspecified atom stereocenters. The van der Waals surface area contributed by atoms with Crippen LogP contribution in [0.3, 0.4) is 0 Å². The second-order valence-corrected chi connectivity index (χ2v) is 6.83. The maximum Gasteiger partial charge on any atom is 0.231 e. The molecule has 0 fully saturated rings. The summed E-state index contributed by atoms with van der Waals surface area (Å²) in [5.41, 5.74) is 2.45. The Labute approximate surface area is 158 Å². The number of benzene rings is 2. The van der Waals surface area contributed by atoms with E-state index in [-0.39, 0.29) is 6.79 Å². The molecule has 2 aliphatic rings. The van der Waals surface area contributed by atoms with Gasteiger partial charge in [0, 0.05) is 11.1 Å². The number of hydrogen-bond acceptors (Lipinski definition) is 6. The van der Waals surface area contributed by atoms with Crippen LogP contribution in [0.5, 0.6) is 28.7 Å². The molecule has 2 heterocycles. The highest BCUT2D eigenvalue weighted by atomic mass is 16.7. The van der Waals surface area contributed by atoms with Crippen LogP contribution in [0, 0.1) is 0 Å². The van der Waals surface area contributed by atoms with Gasteiger partial charge in [0.25, 0.3) is 0 Å². The second kappa shape index (κ2) is 6.30. The molecule has 0 aliphatic carbocycles. The van der Waals surface area contributed by atoms with Gasteiger partial charge in [0.05, 0.1) is 21.3 Å². The summed E-state index contributed by atoms with van der Waals surface area (Å²) in [4.78, 5) is 0. The number of fused-ring (bicyclic) bond motifs is 2. The highest BCUT2D eigenvalue weighted by molar-refractivity contribution is 5.84.